The largest absolute Gasteiger partial charge is 0.434 e. The van der Waals surface area contributed by atoms with Crippen molar-refractivity contribution in [1.82, 2.24) is 20.1 Å². The van der Waals surface area contributed by atoms with E-state index in [1.807, 2.05) is 0 Å². The van der Waals surface area contributed by atoms with Gasteiger partial charge in [-0.15, -0.1) is 0 Å². The van der Waals surface area contributed by atoms with Crippen molar-refractivity contribution in [3.8, 4) is 5.82 Å². The second kappa shape index (κ2) is 7.79. The van der Waals surface area contributed by atoms with Crippen LogP contribution in [0.4, 0.5) is 13.2 Å². The Morgan fingerprint density at radius 2 is 1.89 bits per heavy atom. The van der Waals surface area contributed by atoms with E-state index in [1.54, 1.807) is 30.3 Å². The first-order valence-electron chi connectivity index (χ1n) is 7.95. The maximum Gasteiger partial charge on any atom is 0.434 e. The molecular weight excluding hydrogens is 381 g/mol. The molecule has 2 aromatic heterocycles. The van der Waals surface area contributed by atoms with Crippen LogP contribution in [0.5, 0.6) is 0 Å². The number of rotatable bonds is 5. The highest BCUT2D eigenvalue weighted by molar-refractivity contribution is 6.30. The molecule has 2 heterocycles. The van der Waals surface area contributed by atoms with E-state index in [9.17, 15) is 18.0 Å². The van der Waals surface area contributed by atoms with Crippen molar-refractivity contribution < 1.29 is 18.0 Å². The summed E-state index contributed by atoms with van der Waals surface area (Å²) in [4.78, 5) is 16.2. The van der Waals surface area contributed by atoms with Crippen molar-refractivity contribution in [2.45, 2.75) is 12.6 Å². The highest BCUT2D eigenvalue weighted by atomic mass is 35.5. The summed E-state index contributed by atoms with van der Waals surface area (Å²) in [6.07, 6.45) is -2.06. The molecule has 0 unspecified atom stereocenters. The van der Waals surface area contributed by atoms with Crippen LogP contribution < -0.4 is 5.32 Å². The molecule has 1 amide bonds. The van der Waals surface area contributed by atoms with E-state index in [0.717, 1.165) is 11.8 Å². The molecular formula is C18H14ClF3N4O. The summed E-state index contributed by atoms with van der Waals surface area (Å²) in [5.74, 6) is -0.872. The molecule has 0 saturated carbocycles. The van der Waals surface area contributed by atoms with Crippen molar-refractivity contribution in [2.24, 2.45) is 0 Å². The predicted molar refractivity (Wildman–Crippen MR) is 93.9 cm³/mol. The van der Waals surface area contributed by atoms with Crippen molar-refractivity contribution >= 4 is 17.5 Å². The fourth-order valence-corrected chi connectivity index (χ4v) is 2.63. The lowest BCUT2D eigenvalue weighted by Gasteiger charge is -2.12. The Morgan fingerprint density at radius 1 is 1.15 bits per heavy atom. The van der Waals surface area contributed by atoms with Crippen molar-refractivity contribution in [3.05, 3.63) is 76.7 Å². The number of benzene rings is 1. The van der Waals surface area contributed by atoms with Gasteiger partial charge in [-0.25, -0.2) is 9.67 Å². The minimum absolute atomic E-state index is 0.0231. The number of halogens is 4. The van der Waals surface area contributed by atoms with Gasteiger partial charge in [-0.2, -0.15) is 18.3 Å². The Bertz CT molecular complexity index is 924. The Labute approximate surface area is 157 Å². The minimum Gasteiger partial charge on any atom is -0.352 e. The summed E-state index contributed by atoms with van der Waals surface area (Å²) in [5.41, 5.74) is -0.811. The molecule has 1 N–H and O–H groups in total. The van der Waals surface area contributed by atoms with E-state index in [2.05, 4.69) is 15.4 Å². The number of aromatic nitrogens is 3. The summed E-state index contributed by atoms with van der Waals surface area (Å²) in [6.45, 7) is 0.173. The lowest BCUT2D eigenvalue weighted by atomic mass is 10.1. The first kappa shape index (κ1) is 18.9. The van der Waals surface area contributed by atoms with E-state index in [1.165, 1.54) is 18.3 Å². The van der Waals surface area contributed by atoms with Gasteiger partial charge >= 0.3 is 6.18 Å². The lowest BCUT2D eigenvalue weighted by molar-refractivity contribution is -0.143. The molecule has 5 nitrogen and oxygen atoms in total. The van der Waals surface area contributed by atoms with Gasteiger partial charge in [0.25, 0.3) is 5.91 Å². The van der Waals surface area contributed by atoms with Crippen LogP contribution in [0, 0.1) is 0 Å². The normalized spacial score (nSPS) is 11.4. The van der Waals surface area contributed by atoms with Gasteiger partial charge < -0.3 is 5.32 Å². The molecule has 0 spiro atoms. The number of nitrogens with zero attached hydrogens (tertiary/aromatic N) is 3. The van der Waals surface area contributed by atoms with Crippen LogP contribution in [0.3, 0.4) is 0 Å². The zero-order chi connectivity index (χ0) is 19.4. The van der Waals surface area contributed by atoms with Gasteiger partial charge in [0.2, 0.25) is 0 Å². The topological polar surface area (TPSA) is 59.8 Å². The quantitative estimate of drug-likeness (QED) is 0.713. The van der Waals surface area contributed by atoms with Gasteiger partial charge in [-0.3, -0.25) is 4.79 Å². The van der Waals surface area contributed by atoms with Crippen molar-refractivity contribution in [1.29, 1.82) is 0 Å². The molecule has 27 heavy (non-hydrogen) atoms. The Morgan fingerprint density at radius 3 is 2.52 bits per heavy atom. The van der Waals surface area contributed by atoms with Crippen molar-refractivity contribution in [2.75, 3.05) is 6.54 Å². The van der Waals surface area contributed by atoms with Gasteiger partial charge in [-0.05, 0) is 36.2 Å². The molecule has 0 fully saturated rings. The lowest BCUT2D eigenvalue weighted by Crippen LogP contribution is -2.28. The molecule has 0 atom stereocenters. The van der Waals surface area contributed by atoms with E-state index < -0.39 is 23.3 Å². The monoisotopic (exact) mass is 394 g/mol. The zero-order valence-corrected chi connectivity index (χ0v) is 14.6. The number of pyridine rings is 1. The van der Waals surface area contributed by atoms with Crippen LogP contribution in [0.15, 0.2) is 54.9 Å². The van der Waals surface area contributed by atoms with Gasteiger partial charge in [0, 0.05) is 17.8 Å². The number of carbonyl (C=O) groups excluding carboxylic acids is 1. The Hall–Kier alpha value is -2.87. The first-order valence-corrected chi connectivity index (χ1v) is 8.33. The maximum absolute atomic E-state index is 13.5. The van der Waals surface area contributed by atoms with Crippen LogP contribution in [0.25, 0.3) is 5.82 Å². The smallest absolute Gasteiger partial charge is 0.352 e. The molecule has 0 aliphatic heterocycles. The molecule has 3 rings (SSSR count). The van der Waals surface area contributed by atoms with Gasteiger partial charge in [0.15, 0.2) is 11.5 Å². The zero-order valence-electron chi connectivity index (χ0n) is 13.9. The van der Waals surface area contributed by atoms with Crippen LogP contribution in [-0.2, 0) is 12.6 Å². The molecule has 0 aliphatic rings. The Balaban J connectivity index is 1.78. The second-order valence-electron chi connectivity index (χ2n) is 5.64. The SMILES string of the molecule is O=C(NCCc1ccc(Cl)cc1)c1cnn(-c2ccccn2)c1C(F)(F)F. The molecule has 0 radical (unpaired) electrons. The van der Waals surface area contributed by atoms with E-state index in [0.29, 0.717) is 16.1 Å². The highest BCUT2D eigenvalue weighted by Gasteiger charge is 2.40. The summed E-state index contributed by atoms with van der Waals surface area (Å²) in [6, 6.07) is 11.5. The third-order valence-corrected chi connectivity index (χ3v) is 4.01. The van der Waals surface area contributed by atoms with Gasteiger partial charge in [-0.1, -0.05) is 29.8 Å². The predicted octanol–water partition coefficient (Wildman–Crippen LogP) is 3.91. The third-order valence-electron chi connectivity index (χ3n) is 3.76. The molecule has 1 aromatic carbocycles. The van der Waals surface area contributed by atoms with Crippen LogP contribution in [-0.4, -0.2) is 27.2 Å². The molecule has 0 aliphatic carbocycles. The van der Waals surface area contributed by atoms with Crippen molar-refractivity contribution in [3.63, 3.8) is 0 Å². The number of nitrogens with one attached hydrogen (secondary N) is 1. The standard InChI is InChI=1S/C18H14ClF3N4O/c19-13-6-4-12(5-7-13)8-10-24-17(27)14-11-25-26(16(14)18(20,21)22)15-3-1-2-9-23-15/h1-7,9,11H,8,10H2,(H,24,27). The first-order chi connectivity index (χ1) is 12.9. The highest BCUT2D eigenvalue weighted by Crippen LogP contribution is 2.33. The average molecular weight is 395 g/mol. The molecule has 140 valence electrons. The van der Waals surface area contributed by atoms with Gasteiger partial charge in [0.1, 0.15) is 0 Å². The molecule has 3 aromatic rings. The molecule has 0 saturated heterocycles. The van der Waals surface area contributed by atoms with Crippen LogP contribution in [0.1, 0.15) is 21.6 Å². The van der Waals surface area contributed by atoms with Crippen LogP contribution in [0.2, 0.25) is 5.02 Å². The Kier molecular flexibility index (Phi) is 5.46. The van der Waals surface area contributed by atoms with Crippen LogP contribution >= 0.6 is 11.6 Å². The maximum atomic E-state index is 13.5. The summed E-state index contributed by atoms with van der Waals surface area (Å²) < 4.78 is 41.2. The molecule has 9 heteroatoms. The van der Waals surface area contributed by atoms with E-state index >= 15 is 0 Å². The average Bonchev–Trinajstić information content (AvgIpc) is 3.10. The number of hydrogen-bond acceptors (Lipinski definition) is 3. The van der Waals surface area contributed by atoms with E-state index in [4.69, 9.17) is 11.6 Å². The summed E-state index contributed by atoms with van der Waals surface area (Å²) >= 11 is 5.80. The number of amides is 1. The number of hydrogen-bond donors (Lipinski definition) is 1. The second-order valence-corrected chi connectivity index (χ2v) is 6.07. The summed E-state index contributed by atoms with van der Waals surface area (Å²) in [5, 5.41) is 6.79. The fourth-order valence-electron chi connectivity index (χ4n) is 2.51. The third kappa shape index (κ3) is 4.46. The number of carbonyl (C=O) groups is 1. The summed E-state index contributed by atoms with van der Waals surface area (Å²) in [7, 11) is 0. The van der Waals surface area contributed by atoms with E-state index in [-0.39, 0.29) is 12.4 Å². The minimum atomic E-state index is -4.77. The van der Waals surface area contributed by atoms with Gasteiger partial charge in [0.05, 0.1) is 11.8 Å². The number of alkyl halides is 3. The fraction of sp³-hybridized carbons (Fsp3) is 0.167. The molecule has 0 bridgehead atoms.